The Balaban J connectivity index is 3.20. The maximum absolute atomic E-state index is 11.1. The quantitative estimate of drug-likeness (QED) is 0.353. The number of aryl methyl sites for hydroxylation is 2. The van der Waals surface area contributed by atoms with Gasteiger partial charge in [0.1, 0.15) is 0 Å². The van der Waals surface area contributed by atoms with E-state index in [-0.39, 0.29) is 11.3 Å². The lowest BCUT2D eigenvalue weighted by Crippen LogP contribution is -2.01. The molecule has 0 fully saturated rings. The molecule has 5 heteroatoms. The number of carbonyl (C=O) groups is 1. The molecule has 0 atom stereocenters. The first-order chi connectivity index (χ1) is 8.47. The Morgan fingerprint density at radius 1 is 1.50 bits per heavy atom. The highest BCUT2D eigenvalue weighted by Crippen LogP contribution is 2.25. The molecule has 1 rings (SSSR count). The van der Waals surface area contributed by atoms with E-state index in [0.29, 0.717) is 17.5 Å². The molecule has 1 aromatic carbocycles. The number of hydrogen-bond donors (Lipinski definition) is 0. The maximum atomic E-state index is 11.1. The minimum atomic E-state index is -0.671. The first-order valence-electron chi connectivity index (χ1n) is 5.56. The van der Waals surface area contributed by atoms with E-state index < -0.39 is 10.2 Å². The van der Waals surface area contributed by atoms with Crippen molar-refractivity contribution < 1.29 is 9.72 Å². The van der Waals surface area contributed by atoms with Crippen molar-refractivity contribution in [1.29, 1.82) is 0 Å². The summed E-state index contributed by atoms with van der Waals surface area (Å²) in [7, 11) is 0. The van der Waals surface area contributed by atoms with Gasteiger partial charge in [0.25, 0.3) is 10.9 Å². The molecule has 0 saturated heterocycles. The van der Waals surface area contributed by atoms with E-state index in [1.54, 1.807) is 13.0 Å². The Morgan fingerprint density at radius 3 is 2.67 bits per heavy atom. The number of allylic oxidation sites excluding steroid dienone is 2. The summed E-state index contributed by atoms with van der Waals surface area (Å²) >= 11 is 5.39. The van der Waals surface area contributed by atoms with Crippen LogP contribution in [0.2, 0.25) is 0 Å². The normalized spacial score (nSPS) is 10.8. The smallest absolute Gasteiger partial charge is 0.273 e. The second-order valence-corrected chi connectivity index (χ2v) is 4.28. The van der Waals surface area contributed by atoms with Crippen LogP contribution in [0, 0.1) is 17.0 Å². The van der Waals surface area contributed by atoms with Crippen LogP contribution < -0.4 is 0 Å². The van der Waals surface area contributed by atoms with Crippen LogP contribution in [0.1, 0.15) is 34.8 Å². The number of nitro groups is 1. The van der Waals surface area contributed by atoms with E-state index in [1.165, 1.54) is 6.07 Å². The van der Waals surface area contributed by atoms with E-state index in [1.807, 2.05) is 19.1 Å². The molecular formula is C13H14ClNO3. The van der Waals surface area contributed by atoms with Gasteiger partial charge in [-0.3, -0.25) is 14.9 Å². The molecule has 0 spiro atoms. The average molecular weight is 268 g/mol. The van der Waals surface area contributed by atoms with Crippen molar-refractivity contribution >= 4 is 22.5 Å². The fourth-order valence-electron chi connectivity index (χ4n) is 1.74. The average Bonchev–Trinajstić information content (AvgIpc) is 2.28. The zero-order valence-corrected chi connectivity index (χ0v) is 11.0. The first-order valence-corrected chi connectivity index (χ1v) is 5.94. The van der Waals surface area contributed by atoms with Gasteiger partial charge in [-0.05, 0) is 49.9 Å². The van der Waals surface area contributed by atoms with Gasteiger partial charge in [0, 0.05) is 17.2 Å². The van der Waals surface area contributed by atoms with Gasteiger partial charge in [-0.1, -0.05) is 12.2 Å². The largest absolute Gasteiger partial charge is 0.276 e. The molecule has 0 saturated carbocycles. The van der Waals surface area contributed by atoms with Crippen molar-refractivity contribution in [2.75, 3.05) is 0 Å². The predicted octanol–water partition coefficient (Wildman–Crippen LogP) is 3.79. The summed E-state index contributed by atoms with van der Waals surface area (Å²) in [4.78, 5) is 21.6. The van der Waals surface area contributed by atoms with E-state index in [9.17, 15) is 14.9 Å². The van der Waals surface area contributed by atoms with E-state index in [0.717, 1.165) is 6.42 Å². The van der Waals surface area contributed by atoms with E-state index in [2.05, 4.69) is 0 Å². The topological polar surface area (TPSA) is 60.2 Å². The maximum Gasteiger partial charge on any atom is 0.273 e. The second kappa shape index (κ2) is 6.31. The van der Waals surface area contributed by atoms with Crippen molar-refractivity contribution in [3.05, 3.63) is 51.1 Å². The minimum absolute atomic E-state index is 0.0471. The fraction of sp³-hybridized carbons (Fsp3) is 0.308. The molecule has 96 valence electrons. The summed E-state index contributed by atoms with van der Waals surface area (Å²) in [6, 6.07) is 2.92. The SMILES string of the molecule is C/C=C/CCc1cc(C)c(C(=O)Cl)cc1[N+](=O)[O-]. The number of benzene rings is 1. The monoisotopic (exact) mass is 267 g/mol. The van der Waals surface area contributed by atoms with Crippen LogP contribution in [-0.2, 0) is 6.42 Å². The van der Waals surface area contributed by atoms with Gasteiger partial charge in [-0.15, -0.1) is 0 Å². The standard InChI is InChI=1S/C13H14ClNO3/c1-3-4-5-6-10-7-9(2)11(13(14)16)8-12(10)15(17)18/h3-4,7-8H,5-6H2,1-2H3/b4-3+. The van der Waals surface area contributed by atoms with Crippen LogP contribution in [0.4, 0.5) is 5.69 Å². The van der Waals surface area contributed by atoms with Gasteiger partial charge in [0.15, 0.2) is 0 Å². The number of rotatable bonds is 5. The predicted molar refractivity (Wildman–Crippen MR) is 71.2 cm³/mol. The van der Waals surface area contributed by atoms with Crippen molar-refractivity contribution in [1.82, 2.24) is 0 Å². The number of hydrogen-bond acceptors (Lipinski definition) is 3. The summed E-state index contributed by atoms with van der Waals surface area (Å²) in [5.74, 6) is 0. The molecule has 0 unspecified atom stereocenters. The number of halogens is 1. The summed E-state index contributed by atoms with van der Waals surface area (Å²) in [5, 5.41) is 10.3. The van der Waals surface area contributed by atoms with Crippen molar-refractivity contribution in [3.8, 4) is 0 Å². The van der Waals surface area contributed by atoms with Crippen LogP contribution in [0.3, 0.4) is 0 Å². The Kier molecular flexibility index (Phi) is 5.04. The van der Waals surface area contributed by atoms with Crippen LogP contribution in [0.5, 0.6) is 0 Å². The van der Waals surface area contributed by atoms with Crippen LogP contribution in [0.25, 0.3) is 0 Å². The highest BCUT2D eigenvalue weighted by Gasteiger charge is 2.18. The fourth-order valence-corrected chi connectivity index (χ4v) is 1.95. The third-order valence-electron chi connectivity index (χ3n) is 2.65. The minimum Gasteiger partial charge on any atom is -0.276 e. The highest BCUT2D eigenvalue weighted by molar-refractivity contribution is 6.68. The third kappa shape index (κ3) is 3.40. The summed E-state index contributed by atoms with van der Waals surface area (Å²) in [6.45, 7) is 3.62. The second-order valence-electron chi connectivity index (χ2n) is 3.93. The molecule has 0 N–H and O–H groups in total. The molecule has 0 aromatic heterocycles. The summed E-state index contributed by atoms with van der Waals surface area (Å²) in [5.41, 5.74) is 1.43. The Bertz CT molecular complexity index is 509. The highest BCUT2D eigenvalue weighted by atomic mass is 35.5. The lowest BCUT2D eigenvalue weighted by Gasteiger charge is -2.06. The molecule has 0 radical (unpaired) electrons. The molecule has 0 bridgehead atoms. The Morgan fingerprint density at radius 2 is 2.17 bits per heavy atom. The van der Waals surface area contributed by atoms with E-state index in [4.69, 9.17) is 11.6 Å². The van der Waals surface area contributed by atoms with Gasteiger partial charge in [-0.25, -0.2) is 0 Å². The van der Waals surface area contributed by atoms with Crippen molar-refractivity contribution in [3.63, 3.8) is 0 Å². The van der Waals surface area contributed by atoms with Gasteiger partial charge >= 0.3 is 0 Å². The summed E-state index contributed by atoms with van der Waals surface area (Å²) < 4.78 is 0. The van der Waals surface area contributed by atoms with Gasteiger partial charge in [0.05, 0.1) is 4.92 Å². The number of nitro benzene ring substituents is 1. The van der Waals surface area contributed by atoms with Crippen molar-refractivity contribution in [2.45, 2.75) is 26.7 Å². The molecule has 0 aliphatic carbocycles. The van der Waals surface area contributed by atoms with Crippen LogP contribution in [0.15, 0.2) is 24.3 Å². The van der Waals surface area contributed by atoms with Gasteiger partial charge in [0.2, 0.25) is 0 Å². The molecular weight excluding hydrogens is 254 g/mol. The molecule has 4 nitrogen and oxygen atoms in total. The number of carbonyl (C=O) groups excluding carboxylic acids is 1. The first kappa shape index (κ1) is 14.4. The van der Waals surface area contributed by atoms with Crippen molar-refractivity contribution in [2.24, 2.45) is 0 Å². The third-order valence-corrected chi connectivity index (χ3v) is 2.85. The molecule has 0 heterocycles. The molecule has 18 heavy (non-hydrogen) atoms. The number of nitrogens with zero attached hydrogens (tertiary/aromatic N) is 1. The molecule has 0 amide bonds. The summed E-state index contributed by atoms with van der Waals surface area (Å²) in [6.07, 6.45) is 5.14. The zero-order valence-electron chi connectivity index (χ0n) is 10.3. The molecule has 0 aliphatic heterocycles. The lowest BCUT2D eigenvalue weighted by atomic mass is 10.0. The Hall–Kier alpha value is -1.68. The van der Waals surface area contributed by atoms with Gasteiger partial charge < -0.3 is 0 Å². The van der Waals surface area contributed by atoms with E-state index >= 15 is 0 Å². The lowest BCUT2D eigenvalue weighted by molar-refractivity contribution is -0.385. The Labute approximate surface area is 110 Å². The van der Waals surface area contributed by atoms with Gasteiger partial charge in [-0.2, -0.15) is 0 Å². The molecule has 0 aliphatic rings. The molecule has 1 aromatic rings. The van der Waals surface area contributed by atoms with Crippen LogP contribution >= 0.6 is 11.6 Å². The zero-order chi connectivity index (χ0) is 13.7. The van der Waals surface area contributed by atoms with Crippen LogP contribution in [-0.4, -0.2) is 10.2 Å².